The van der Waals surface area contributed by atoms with Gasteiger partial charge in [-0.1, -0.05) is 30.3 Å². The van der Waals surface area contributed by atoms with E-state index in [0.29, 0.717) is 0 Å². The molecule has 0 atom stereocenters. The summed E-state index contributed by atoms with van der Waals surface area (Å²) in [4.78, 5) is 13.7. The molecule has 1 amide bonds. The molecule has 0 radical (unpaired) electrons. The van der Waals surface area contributed by atoms with E-state index in [1.54, 1.807) is 11.8 Å². The first kappa shape index (κ1) is 19.1. The van der Waals surface area contributed by atoms with Gasteiger partial charge in [-0.2, -0.15) is 4.57 Å². The molecule has 0 aliphatic heterocycles. The van der Waals surface area contributed by atoms with Crippen LogP contribution in [0.5, 0.6) is 0 Å². The van der Waals surface area contributed by atoms with Crippen LogP contribution in [-0.4, -0.2) is 5.91 Å². The van der Waals surface area contributed by atoms with E-state index in [9.17, 15) is 4.79 Å². The molecule has 1 heterocycles. The van der Waals surface area contributed by atoms with Crippen LogP contribution in [0.25, 0.3) is 17.0 Å². The van der Waals surface area contributed by atoms with Crippen LogP contribution in [0.3, 0.4) is 0 Å². The maximum absolute atomic E-state index is 12.0. The van der Waals surface area contributed by atoms with Crippen molar-refractivity contribution in [2.75, 3.05) is 4.90 Å². The van der Waals surface area contributed by atoms with E-state index in [4.69, 9.17) is 0 Å². The van der Waals surface area contributed by atoms with Gasteiger partial charge in [0.25, 0.3) is 0 Å². The molecule has 25 heavy (non-hydrogen) atoms. The van der Waals surface area contributed by atoms with Gasteiger partial charge in [0, 0.05) is 42.4 Å². The summed E-state index contributed by atoms with van der Waals surface area (Å²) in [6.45, 7) is 4.57. The average molecular weight is 445 g/mol. The molecule has 0 aliphatic rings. The Balaban J connectivity index is 0.00000225. The Bertz CT molecular complexity index is 891. The van der Waals surface area contributed by atoms with Crippen LogP contribution in [0.15, 0.2) is 72.9 Å². The van der Waals surface area contributed by atoms with Gasteiger partial charge in [-0.3, -0.25) is 9.69 Å². The van der Waals surface area contributed by atoms with Crippen LogP contribution in [0.2, 0.25) is 0 Å². The maximum Gasteiger partial charge on any atom is 0.227 e. The van der Waals surface area contributed by atoms with Crippen molar-refractivity contribution in [1.29, 1.82) is 0 Å². The topological polar surface area (TPSA) is 24.2 Å². The molecule has 0 fully saturated rings. The van der Waals surface area contributed by atoms with Crippen molar-refractivity contribution in [3.63, 3.8) is 0 Å². The summed E-state index contributed by atoms with van der Waals surface area (Å²) < 4.78 is 2.25. The Kier molecular flexibility index (Phi) is 6.70. The number of rotatable bonds is 4. The van der Waals surface area contributed by atoms with Gasteiger partial charge >= 0.3 is 0 Å². The maximum atomic E-state index is 12.0. The lowest BCUT2D eigenvalue weighted by atomic mass is 10.2. The number of halogens is 1. The zero-order valence-electron chi connectivity index (χ0n) is 14.4. The number of pyridine rings is 1. The van der Waals surface area contributed by atoms with E-state index < -0.39 is 0 Å². The molecule has 2 aromatic carbocycles. The molecule has 3 aromatic rings. The first-order chi connectivity index (χ1) is 11.7. The first-order valence-electron chi connectivity index (χ1n) is 8.15. The number of anilines is 1. The summed E-state index contributed by atoms with van der Waals surface area (Å²) in [5, 5.41) is 1.21. The molecular weight excluding hydrogens is 423 g/mol. The number of hydrogen-bond donors (Lipinski definition) is 0. The number of nitrogens with zero attached hydrogens (tertiary/aromatic N) is 2. The van der Waals surface area contributed by atoms with Crippen LogP contribution in [0.4, 0.5) is 5.69 Å². The molecule has 0 saturated heterocycles. The second-order valence-corrected chi connectivity index (χ2v) is 5.60. The zero-order valence-corrected chi connectivity index (χ0v) is 16.8. The van der Waals surface area contributed by atoms with Gasteiger partial charge in [0.05, 0.1) is 0 Å². The van der Waals surface area contributed by atoms with Gasteiger partial charge in [-0.05, 0) is 31.2 Å². The molecule has 0 saturated carbocycles. The molecule has 0 unspecified atom stereocenters. The third kappa shape index (κ3) is 4.25. The van der Waals surface area contributed by atoms with Crippen LogP contribution in [0.1, 0.15) is 19.5 Å². The van der Waals surface area contributed by atoms with Gasteiger partial charge in [0.15, 0.2) is 0 Å². The SMILES string of the molecule is CC[n+]1c(/C=C/N(C(C)=O)c2ccccc2)ccc2ccccc21.I. The Morgan fingerprint density at radius 2 is 1.68 bits per heavy atom. The molecule has 0 bridgehead atoms. The van der Waals surface area contributed by atoms with E-state index in [-0.39, 0.29) is 29.9 Å². The van der Waals surface area contributed by atoms with Gasteiger partial charge in [0.2, 0.25) is 17.1 Å². The van der Waals surface area contributed by atoms with Crippen LogP contribution >= 0.6 is 24.0 Å². The number of aryl methyl sites for hydroxylation is 1. The number of carbonyl (C=O) groups excluding carboxylic acids is 1. The third-order valence-electron chi connectivity index (χ3n) is 4.06. The van der Waals surface area contributed by atoms with Crippen molar-refractivity contribution in [2.45, 2.75) is 20.4 Å². The number of para-hydroxylation sites is 2. The van der Waals surface area contributed by atoms with E-state index in [1.807, 2.05) is 54.7 Å². The molecule has 0 aliphatic carbocycles. The molecule has 128 valence electrons. The fourth-order valence-electron chi connectivity index (χ4n) is 2.89. The van der Waals surface area contributed by atoms with Crippen LogP contribution in [-0.2, 0) is 11.3 Å². The fraction of sp³-hybridized carbons (Fsp3) is 0.143. The molecular formula is C21H22IN2O+. The average Bonchev–Trinajstić information content (AvgIpc) is 2.62. The number of carbonyl (C=O) groups is 1. The number of aromatic nitrogens is 1. The minimum atomic E-state index is -0.0127. The summed E-state index contributed by atoms with van der Waals surface area (Å²) in [7, 11) is 0. The van der Waals surface area contributed by atoms with E-state index in [2.05, 4.69) is 35.8 Å². The summed E-state index contributed by atoms with van der Waals surface area (Å²) >= 11 is 0. The Hall–Kier alpha value is -2.21. The summed E-state index contributed by atoms with van der Waals surface area (Å²) in [6, 6.07) is 22.2. The van der Waals surface area contributed by atoms with Gasteiger partial charge < -0.3 is 0 Å². The number of hydrogen-bond acceptors (Lipinski definition) is 1. The third-order valence-corrected chi connectivity index (χ3v) is 4.06. The largest absolute Gasteiger partial charge is 0.288 e. The van der Waals surface area contributed by atoms with Crippen LogP contribution in [0, 0.1) is 0 Å². The smallest absolute Gasteiger partial charge is 0.227 e. The number of fused-ring (bicyclic) bond motifs is 1. The Labute approximate surface area is 165 Å². The molecule has 1 aromatic heterocycles. The lowest BCUT2D eigenvalue weighted by Crippen LogP contribution is -2.36. The normalized spacial score (nSPS) is 10.6. The van der Waals surface area contributed by atoms with Gasteiger partial charge in [0.1, 0.15) is 6.54 Å². The number of benzene rings is 2. The van der Waals surface area contributed by atoms with Crippen molar-refractivity contribution in [3.05, 3.63) is 78.6 Å². The molecule has 3 rings (SSSR count). The minimum Gasteiger partial charge on any atom is -0.288 e. The van der Waals surface area contributed by atoms with Crippen molar-refractivity contribution in [2.24, 2.45) is 0 Å². The molecule has 0 spiro atoms. The van der Waals surface area contributed by atoms with E-state index in [0.717, 1.165) is 17.9 Å². The predicted molar refractivity (Wildman–Crippen MR) is 114 cm³/mol. The second-order valence-electron chi connectivity index (χ2n) is 5.60. The minimum absolute atomic E-state index is 0. The summed E-state index contributed by atoms with van der Waals surface area (Å²) in [6.07, 6.45) is 3.83. The fourth-order valence-corrected chi connectivity index (χ4v) is 2.89. The Morgan fingerprint density at radius 1 is 1.00 bits per heavy atom. The standard InChI is InChI=1S/C21H21N2O.HI/c1-3-22-20(14-13-18-9-7-8-12-21(18)22)15-16-23(17(2)24)19-10-5-4-6-11-19;/h4-16H,3H2,1-2H3;1H/q+1;. The Morgan fingerprint density at radius 3 is 2.36 bits per heavy atom. The van der Waals surface area contributed by atoms with Crippen molar-refractivity contribution in [1.82, 2.24) is 0 Å². The highest BCUT2D eigenvalue weighted by Gasteiger charge is 2.13. The van der Waals surface area contributed by atoms with Crippen molar-refractivity contribution < 1.29 is 9.36 Å². The quantitative estimate of drug-likeness (QED) is 0.419. The van der Waals surface area contributed by atoms with Crippen LogP contribution < -0.4 is 9.47 Å². The lowest BCUT2D eigenvalue weighted by molar-refractivity contribution is -0.669. The van der Waals surface area contributed by atoms with Crippen molar-refractivity contribution in [3.8, 4) is 0 Å². The monoisotopic (exact) mass is 445 g/mol. The highest BCUT2D eigenvalue weighted by molar-refractivity contribution is 14.0. The highest BCUT2D eigenvalue weighted by Crippen LogP contribution is 2.16. The summed E-state index contributed by atoms with van der Waals surface area (Å²) in [5.41, 5.74) is 3.12. The molecule has 3 nitrogen and oxygen atoms in total. The lowest BCUT2D eigenvalue weighted by Gasteiger charge is -2.16. The summed E-state index contributed by atoms with van der Waals surface area (Å²) in [5.74, 6) is -0.0127. The first-order valence-corrected chi connectivity index (χ1v) is 8.15. The highest BCUT2D eigenvalue weighted by atomic mass is 127. The van der Waals surface area contributed by atoms with Crippen molar-refractivity contribution >= 4 is 52.6 Å². The number of amides is 1. The molecule has 4 heteroatoms. The van der Waals surface area contributed by atoms with Gasteiger partial charge in [-0.15, -0.1) is 24.0 Å². The molecule has 0 N–H and O–H groups in total. The van der Waals surface area contributed by atoms with Gasteiger partial charge in [-0.25, -0.2) is 0 Å². The van der Waals surface area contributed by atoms with E-state index >= 15 is 0 Å². The predicted octanol–water partition coefficient (Wildman–Crippen LogP) is 4.79. The second kappa shape index (κ2) is 8.76. The zero-order chi connectivity index (χ0) is 16.9. The van der Waals surface area contributed by atoms with E-state index in [1.165, 1.54) is 10.9 Å².